The van der Waals surface area contributed by atoms with Gasteiger partial charge in [0.05, 0.1) is 25.9 Å². The van der Waals surface area contributed by atoms with Gasteiger partial charge in [0.1, 0.15) is 42.6 Å². The van der Waals surface area contributed by atoms with Crippen LogP contribution in [0.3, 0.4) is 0 Å². The molecule has 0 aliphatic carbocycles. The van der Waals surface area contributed by atoms with Gasteiger partial charge in [0.25, 0.3) is 5.56 Å². The third-order valence-electron chi connectivity index (χ3n) is 7.51. The number of ether oxygens (including phenoxy) is 2. The van der Waals surface area contributed by atoms with Crippen molar-refractivity contribution in [1.82, 2.24) is 39.0 Å². The zero-order valence-electron chi connectivity index (χ0n) is 23.3. The molecular weight excluding hydrogens is 696 g/mol. The molecule has 0 amide bonds. The van der Waals surface area contributed by atoms with Crippen molar-refractivity contribution < 1.29 is 41.3 Å². The molecule has 9 atom stereocenters. The maximum Gasteiger partial charge on any atom is 0.327 e. The number of thiol groups is 1. The number of nitrogens with one attached hydrogen (secondary N) is 1. The molecule has 2 aliphatic heterocycles. The highest BCUT2D eigenvalue weighted by Crippen LogP contribution is 2.51. The fourth-order valence-corrected chi connectivity index (χ4v) is 7.40. The second-order valence-corrected chi connectivity index (χ2v) is 13.9. The summed E-state index contributed by atoms with van der Waals surface area (Å²) in [6.07, 6.45) is -6.14. The van der Waals surface area contributed by atoms with Crippen LogP contribution in [0, 0.1) is 5.92 Å². The number of hydrogen-bond acceptors (Lipinski definition) is 16. The van der Waals surface area contributed by atoms with E-state index in [1.165, 1.54) is 17.2 Å². The Balaban J connectivity index is 1.18. The number of fused-ring (bicyclic) bond motifs is 2. The number of H-pyrrole nitrogens is 1. The van der Waals surface area contributed by atoms with Crippen molar-refractivity contribution in [3.8, 4) is 0 Å². The third kappa shape index (κ3) is 6.26. The largest absolute Gasteiger partial charge is 0.382 e. The standard InChI is InChI=1S/C22H26F2N10O8P2S2/c23-11-8(1-2-45)20(33-6-29-13-16(25)27-5-28-17(13)33)40-9(11)4-39-44(37,46)42-15-10(3-38-43-36)41-21(12(15)24)34-7-30-14-18(34)31-22(26)32-19(14)35/h5-12,15,20-21,45H,1-4H2,(H,37,46)(H2,25,27,28)(H3,26,31,32,35)/t8-,9-,10-,11+,12-,15-,20-,21-,44?/m1/s1. The van der Waals surface area contributed by atoms with Crippen LogP contribution in [0.4, 0.5) is 20.5 Å². The van der Waals surface area contributed by atoms with Gasteiger partial charge in [-0.1, -0.05) is 0 Å². The summed E-state index contributed by atoms with van der Waals surface area (Å²) in [6.45, 7) is -5.33. The van der Waals surface area contributed by atoms with Crippen molar-refractivity contribution in [3.05, 3.63) is 29.3 Å². The van der Waals surface area contributed by atoms with Gasteiger partial charge in [-0.15, -0.1) is 0 Å². The first-order chi connectivity index (χ1) is 22.0. The minimum atomic E-state index is -4.31. The third-order valence-corrected chi connectivity index (χ3v) is 9.58. The van der Waals surface area contributed by atoms with Gasteiger partial charge in [0.2, 0.25) is 5.95 Å². The predicted molar refractivity (Wildman–Crippen MR) is 163 cm³/mol. The van der Waals surface area contributed by atoms with E-state index in [2.05, 4.69) is 42.5 Å². The highest BCUT2D eigenvalue weighted by atomic mass is 32.5. The maximum atomic E-state index is 16.0. The average molecular weight is 723 g/mol. The maximum absolute atomic E-state index is 16.0. The van der Waals surface area contributed by atoms with Crippen LogP contribution < -0.4 is 17.0 Å². The molecule has 24 heteroatoms. The molecule has 1 unspecified atom stereocenters. The Kier molecular flexibility index (Phi) is 9.64. The smallest absolute Gasteiger partial charge is 0.327 e. The van der Waals surface area contributed by atoms with Gasteiger partial charge >= 0.3 is 15.4 Å². The number of nitrogen functional groups attached to an aromatic ring is 2. The van der Waals surface area contributed by atoms with Crippen molar-refractivity contribution in [1.29, 1.82) is 0 Å². The molecule has 18 nitrogen and oxygen atoms in total. The molecule has 2 aliphatic rings. The number of imidazole rings is 2. The van der Waals surface area contributed by atoms with Crippen molar-refractivity contribution in [2.45, 2.75) is 49.5 Å². The van der Waals surface area contributed by atoms with Crippen LogP contribution in [0.2, 0.25) is 0 Å². The van der Waals surface area contributed by atoms with Crippen LogP contribution in [-0.2, 0) is 39.4 Å². The summed E-state index contributed by atoms with van der Waals surface area (Å²) in [7, 11) is -0.734. The Morgan fingerprint density at radius 3 is 2.52 bits per heavy atom. The minimum Gasteiger partial charge on any atom is -0.382 e. The van der Waals surface area contributed by atoms with Crippen LogP contribution >= 0.6 is 28.0 Å². The lowest BCUT2D eigenvalue weighted by Gasteiger charge is -2.25. The van der Waals surface area contributed by atoms with E-state index >= 15 is 8.78 Å². The summed E-state index contributed by atoms with van der Waals surface area (Å²) in [6, 6.07) is 0. The van der Waals surface area contributed by atoms with E-state index < -0.39 is 83.2 Å². The molecule has 4 aromatic heterocycles. The van der Waals surface area contributed by atoms with Crippen LogP contribution in [0.1, 0.15) is 18.9 Å². The highest BCUT2D eigenvalue weighted by Gasteiger charge is 2.51. The SMILES string of the molecule is Nc1nc2c(ncn2[C@@H]2O[C@H](COP=O)[C@@H](OP(O)(=S)OC[C@H]3O[C@@H](n4cnc5c(N)ncnc54)[C@H](CCS)[C@@H]3F)[C@H]2F)c(=O)[nH]1. The van der Waals surface area contributed by atoms with Crippen LogP contribution in [0.25, 0.3) is 22.3 Å². The van der Waals surface area contributed by atoms with E-state index in [1.807, 2.05) is 0 Å². The summed E-state index contributed by atoms with van der Waals surface area (Å²) in [5.41, 5.74) is 11.3. The second kappa shape index (κ2) is 13.4. The number of hydrogen-bond donors (Lipinski definition) is 5. The average Bonchev–Trinajstić information content (AvgIpc) is 3.77. The van der Waals surface area contributed by atoms with Crippen LogP contribution in [-0.4, -0.2) is 93.6 Å². The number of aromatic amines is 1. The lowest BCUT2D eigenvalue weighted by molar-refractivity contribution is -0.0448. The summed E-state index contributed by atoms with van der Waals surface area (Å²) in [5, 5.41) is 0. The van der Waals surface area contributed by atoms with Gasteiger partial charge in [-0.2, -0.15) is 17.6 Å². The van der Waals surface area contributed by atoms with E-state index in [9.17, 15) is 14.3 Å². The Hall–Kier alpha value is -2.78. The Labute approximate surface area is 269 Å². The predicted octanol–water partition coefficient (Wildman–Crippen LogP) is 1.37. The van der Waals surface area contributed by atoms with Crippen molar-refractivity contribution >= 4 is 73.9 Å². The first-order valence-corrected chi connectivity index (χ1v) is 17.4. The van der Waals surface area contributed by atoms with Gasteiger partial charge in [-0.3, -0.25) is 28.0 Å². The molecule has 46 heavy (non-hydrogen) atoms. The van der Waals surface area contributed by atoms with E-state index in [-0.39, 0.29) is 22.9 Å². The molecule has 2 saturated heterocycles. The summed E-state index contributed by atoms with van der Waals surface area (Å²) in [4.78, 5) is 45.7. The van der Waals surface area contributed by atoms with Crippen LogP contribution in [0.5, 0.6) is 0 Å². The minimum absolute atomic E-state index is 0.0895. The molecule has 2 fully saturated rings. The van der Waals surface area contributed by atoms with Gasteiger partial charge in [0.15, 0.2) is 35.0 Å². The highest BCUT2D eigenvalue weighted by molar-refractivity contribution is 8.07. The van der Waals surface area contributed by atoms with Crippen molar-refractivity contribution in [3.63, 3.8) is 0 Å². The molecule has 0 aromatic carbocycles. The molecule has 0 radical (unpaired) electrons. The normalized spacial score (nSPS) is 29.7. The molecule has 0 saturated carbocycles. The van der Waals surface area contributed by atoms with Gasteiger partial charge in [0, 0.05) is 5.92 Å². The van der Waals surface area contributed by atoms with Gasteiger partial charge < -0.3 is 30.4 Å². The number of nitrogens with zero attached hydrogens (tertiary/aromatic N) is 7. The lowest BCUT2D eigenvalue weighted by atomic mass is 9.98. The second-order valence-electron chi connectivity index (χ2n) is 10.3. The van der Waals surface area contributed by atoms with Crippen molar-refractivity contribution in [2.75, 3.05) is 30.4 Å². The monoisotopic (exact) mass is 722 g/mol. The Morgan fingerprint density at radius 2 is 1.78 bits per heavy atom. The van der Waals surface area contributed by atoms with Gasteiger partial charge in [-0.25, -0.2) is 33.3 Å². The Morgan fingerprint density at radius 1 is 1.07 bits per heavy atom. The van der Waals surface area contributed by atoms with E-state index in [0.717, 1.165) is 10.9 Å². The number of alkyl halides is 2. The molecule has 248 valence electrons. The molecule has 4 aromatic rings. The number of rotatable bonds is 12. The molecule has 0 bridgehead atoms. The Bertz CT molecular complexity index is 1850. The van der Waals surface area contributed by atoms with E-state index in [0.29, 0.717) is 23.3 Å². The zero-order valence-corrected chi connectivity index (χ0v) is 26.8. The van der Waals surface area contributed by atoms with Crippen LogP contribution in [0.15, 0.2) is 23.8 Å². The number of nitrogens with two attached hydrogens (primary N) is 2. The fourth-order valence-electron chi connectivity index (χ4n) is 5.46. The molecule has 6 heterocycles. The summed E-state index contributed by atoms with van der Waals surface area (Å²) < 4.78 is 73.0. The first-order valence-electron chi connectivity index (χ1n) is 13.5. The fraction of sp³-hybridized carbons (Fsp3) is 0.545. The van der Waals surface area contributed by atoms with Crippen molar-refractivity contribution in [2.24, 2.45) is 5.92 Å². The molecule has 6 N–H and O–H groups in total. The molecule has 0 spiro atoms. The zero-order chi connectivity index (χ0) is 32.7. The topological polar surface area (TPSA) is 243 Å². The number of halogens is 2. The lowest BCUT2D eigenvalue weighted by Crippen LogP contribution is -2.34. The number of aromatic nitrogens is 8. The quantitative estimate of drug-likeness (QED) is 0.102. The number of anilines is 2. The summed E-state index contributed by atoms with van der Waals surface area (Å²) in [5.74, 6) is -0.495. The first kappa shape index (κ1) is 33.1. The van der Waals surface area contributed by atoms with E-state index in [4.69, 9.17) is 46.3 Å². The van der Waals surface area contributed by atoms with Gasteiger partial charge in [-0.05, 0) is 24.0 Å². The van der Waals surface area contributed by atoms with E-state index in [1.54, 1.807) is 0 Å². The molecule has 6 rings (SSSR count). The summed E-state index contributed by atoms with van der Waals surface area (Å²) >= 11 is 9.41. The molecular formula is C22H26F2N10O8P2S2.